The van der Waals surface area contributed by atoms with Gasteiger partial charge in [-0.3, -0.25) is 9.57 Å². The Labute approximate surface area is 222 Å². The van der Waals surface area contributed by atoms with Crippen molar-refractivity contribution in [2.24, 2.45) is 5.73 Å². The van der Waals surface area contributed by atoms with E-state index in [9.17, 15) is 9.90 Å². The summed E-state index contributed by atoms with van der Waals surface area (Å²) in [5.74, 6) is -0.139. The highest BCUT2D eigenvalue weighted by molar-refractivity contribution is 7.93. The van der Waals surface area contributed by atoms with Crippen LogP contribution in [-0.4, -0.2) is 22.1 Å². The van der Waals surface area contributed by atoms with Crippen molar-refractivity contribution in [1.29, 1.82) is 4.78 Å². The van der Waals surface area contributed by atoms with Crippen molar-refractivity contribution < 1.29 is 9.90 Å². The number of allylic oxidation sites excluding steroid dienone is 2. The fourth-order valence-electron chi connectivity index (χ4n) is 4.51. The number of nitrogens with one attached hydrogen (secondary N) is 1. The van der Waals surface area contributed by atoms with Crippen LogP contribution < -0.4 is 10.6 Å². The number of benzene rings is 2. The Morgan fingerprint density at radius 3 is 2.08 bits per heavy atom. The molecule has 7 heteroatoms. The third kappa shape index (κ3) is 5.42. The number of anilines is 2. The Kier molecular flexibility index (Phi) is 6.95. The van der Waals surface area contributed by atoms with Gasteiger partial charge in [0.05, 0.1) is 6.54 Å². The van der Waals surface area contributed by atoms with Crippen LogP contribution in [0.3, 0.4) is 0 Å². The van der Waals surface area contributed by atoms with E-state index in [2.05, 4.69) is 58.6 Å². The van der Waals surface area contributed by atoms with E-state index in [-0.39, 0.29) is 10.8 Å². The number of nitrogens with two attached hydrogens (primary N) is 1. The van der Waals surface area contributed by atoms with Crippen molar-refractivity contribution in [1.82, 2.24) is 4.57 Å². The van der Waals surface area contributed by atoms with Crippen molar-refractivity contribution in [3.05, 3.63) is 94.0 Å². The molecule has 6 nitrogen and oxygen atoms in total. The molecule has 1 aliphatic rings. The van der Waals surface area contributed by atoms with Crippen LogP contribution in [0.4, 0.5) is 11.4 Å². The van der Waals surface area contributed by atoms with Gasteiger partial charge >= 0.3 is 0 Å². The monoisotopic (exact) mass is 516 g/mol. The molecule has 2 heterocycles. The number of carbonyl (C=O) groups excluding carboxylic acids is 1. The second kappa shape index (κ2) is 9.71. The number of phenols is 1. The Bertz CT molecular complexity index is 1380. The quantitative estimate of drug-likeness (QED) is 0.336. The average Bonchev–Trinajstić information content (AvgIpc) is 3.46. The summed E-state index contributed by atoms with van der Waals surface area (Å²) in [6, 6.07) is 15.6. The van der Waals surface area contributed by atoms with Crippen molar-refractivity contribution in [3.8, 4) is 11.4 Å². The number of rotatable bonds is 6. The van der Waals surface area contributed by atoms with Gasteiger partial charge in [0.25, 0.3) is 5.91 Å². The third-order valence-corrected chi connectivity index (χ3v) is 7.82. The first-order valence-electron chi connectivity index (χ1n) is 12.3. The smallest absolute Gasteiger partial charge is 0.265 e. The largest absolute Gasteiger partial charge is 0.507 e. The van der Waals surface area contributed by atoms with E-state index in [1.165, 1.54) is 0 Å². The van der Waals surface area contributed by atoms with Crippen LogP contribution in [-0.2, 0) is 21.5 Å². The molecule has 1 atom stereocenters. The normalized spacial score (nSPS) is 15.6. The summed E-state index contributed by atoms with van der Waals surface area (Å²) < 4.78 is 10.3. The lowest BCUT2D eigenvalue weighted by Gasteiger charge is -2.32. The summed E-state index contributed by atoms with van der Waals surface area (Å²) in [5.41, 5.74) is 9.97. The Morgan fingerprint density at radius 1 is 1.00 bits per heavy atom. The lowest BCUT2D eigenvalue weighted by atomic mass is 9.79. The number of amides is 1. The minimum absolute atomic E-state index is 0.261. The maximum absolute atomic E-state index is 11.8. The van der Waals surface area contributed by atoms with Crippen LogP contribution in [0.1, 0.15) is 63.2 Å². The van der Waals surface area contributed by atoms with Gasteiger partial charge in [0.1, 0.15) is 11.4 Å². The molecule has 1 aliphatic heterocycles. The standard InChI is InChI=1S/C30H36N4O2S/c1-29(2,3)24-17-22(18-25(27(24)35)30(4,5)6)34(19-23-9-8-16-37(23)32)21-13-11-20(12-14-21)33-15-7-10-26(33)28(31)36/h7-18,32,35H,19H2,1-6H3,(H2,31,36). The molecule has 4 rings (SSSR count). The predicted octanol–water partition coefficient (Wildman–Crippen LogP) is 6.81. The average molecular weight is 517 g/mol. The van der Waals surface area contributed by atoms with Gasteiger partial charge in [0, 0.05) is 39.3 Å². The fraction of sp³-hybridized carbons (Fsp3) is 0.300. The Hall–Kier alpha value is -3.58. The first-order chi connectivity index (χ1) is 17.3. The zero-order valence-corrected chi connectivity index (χ0v) is 23.2. The van der Waals surface area contributed by atoms with Crippen molar-refractivity contribution in [2.75, 3.05) is 11.4 Å². The lowest BCUT2D eigenvalue weighted by molar-refractivity contribution is 0.0994. The molecule has 0 bridgehead atoms. The molecule has 2 aromatic carbocycles. The maximum atomic E-state index is 11.8. The number of carbonyl (C=O) groups is 1. The van der Waals surface area contributed by atoms with Gasteiger partial charge < -0.3 is 20.3 Å². The highest BCUT2D eigenvalue weighted by Gasteiger charge is 2.28. The van der Waals surface area contributed by atoms with E-state index in [1.54, 1.807) is 16.7 Å². The Balaban J connectivity index is 1.86. The highest BCUT2D eigenvalue weighted by Crippen LogP contribution is 2.43. The van der Waals surface area contributed by atoms with E-state index in [0.717, 1.165) is 33.1 Å². The zero-order valence-electron chi connectivity index (χ0n) is 22.4. The fourth-order valence-corrected chi connectivity index (χ4v) is 5.42. The molecule has 3 aromatic rings. The molecule has 0 saturated heterocycles. The van der Waals surface area contributed by atoms with Crippen LogP contribution in [0.15, 0.2) is 77.2 Å². The van der Waals surface area contributed by atoms with Gasteiger partial charge in [-0.05, 0) is 70.8 Å². The van der Waals surface area contributed by atoms with E-state index >= 15 is 0 Å². The number of aromatic hydroxyl groups is 1. The third-order valence-electron chi connectivity index (χ3n) is 6.56. The predicted molar refractivity (Wildman–Crippen MR) is 154 cm³/mol. The molecular weight excluding hydrogens is 480 g/mol. The van der Waals surface area contributed by atoms with Crippen LogP contribution in [0.25, 0.3) is 5.69 Å². The van der Waals surface area contributed by atoms with Crippen LogP contribution >= 0.6 is 0 Å². The second-order valence-corrected chi connectivity index (χ2v) is 12.9. The van der Waals surface area contributed by atoms with Crippen LogP contribution in [0.2, 0.25) is 0 Å². The maximum Gasteiger partial charge on any atom is 0.265 e. The Morgan fingerprint density at radius 2 is 1.59 bits per heavy atom. The van der Waals surface area contributed by atoms with Gasteiger partial charge in [-0.25, -0.2) is 0 Å². The molecule has 0 fully saturated rings. The molecule has 1 amide bonds. The number of phenolic OH excluding ortho intramolecular Hbond substituents is 1. The second-order valence-electron chi connectivity index (χ2n) is 11.4. The minimum atomic E-state index is -0.681. The van der Waals surface area contributed by atoms with Gasteiger partial charge in [-0.2, -0.15) is 0 Å². The van der Waals surface area contributed by atoms with Crippen molar-refractivity contribution >= 4 is 28.0 Å². The summed E-state index contributed by atoms with van der Waals surface area (Å²) in [6.45, 7) is 13.2. The summed E-state index contributed by atoms with van der Waals surface area (Å²) in [6.07, 6.45) is 5.78. The number of hydrogen-bond acceptors (Lipinski definition) is 4. The molecule has 1 unspecified atom stereocenters. The number of primary amides is 1. The van der Waals surface area contributed by atoms with Crippen LogP contribution in [0, 0.1) is 4.78 Å². The van der Waals surface area contributed by atoms with Crippen LogP contribution in [0.5, 0.6) is 5.75 Å². The zero-order chi connectivity index (χ0) is 27.1. The van der Waals surface area contributed by atoms with Crippen molar-refractivity contribution in [3.63, 3.8) is 0 Å². The highest BCUT2D eigenvalue weighted by atomic mass is 32.2. The summed E-state index contributed by atoms with van der Waals surface area (Å²) >= 11 is 0. The topological polar surface area (TPSA) is 95.3 Å². The van der Waals surface area contributed by atoms with E-state index < -0.39 is 16.6 Å². The molecule has 4 N–H and O–H groups in total. The minimum Gasteiger partial charge on any atom is -0.507 e. The van der Waals surface area contributed by atoms with E-state index in [0.29, 0.717) is 18.0 Å². The molecular formula is C30H36N4O2S. The first kappa shape index (κ1) is 26.5. The number of aromatic nitrogens is 1. The molecule has 0 saturated carbocycles. The molecule has 194 valence electrons. The van der Waals surface area contributed by atoms with Gasteiger partial charge in [0.2, 0.25) is 0 Å². The summed E-state index contributed by atoms with van der Waals surface area (Å²) in [7, 11) is -0.681. The van der Waals surface area contributed by atoms with E-state index in [1.807, 2.05) is 48.0 Å². The number of hydrogen-bond donors (Lipinski definition) is 3. The first-order valence-corrected chi connectivity index (χ1v) is 13.6. The number of nitrogens with zero attached hydrogens (tertiary/aromatic N) is 2. The SMILES string of the molecule is CC(C)(C)c1cc(N(CC2=CC=CS2=N)c2ccc(-n3cccc3C(N)=O)cc2)cc(C(C)(C)C)c1O. The van der Waals surface area contributed by atoms with Gasteiger partial charge in [-0.1, -0.05) is 58.3 Å². The summed E-state index contributed by atoms with van der Waals surface area (Å²) in [4.78, 5) is 15.1. The molecule has 0 aliphatic carbocycles. The molecule has 37 heavy (non-hydrogen) atoms. The van der Waals surface area contributed by atoms with Gasteiger partial charge in [-0.15, -0.1) is 0 Å². The lowest BCUT2D eigenvalue weighted by Crippen LogP contribution is -2.24. The van der Waals surface area contributed by atoms with Crippen molar-refractivity contribution in [2.45, 2.75) is 52.4 Å². The molecule has 1 aromatic heterocycles. The molecule has 0 spiro atoms. The van der Waals surface area contributed by atoms with E-state index in [4.69, 9.17) is 10.5 Å². The molecule has 0 radical (unpaired) electrons. The van der Waals surface area contributed by atoms with Gasteiger partial charge in [0.15, 0.2) is 0 Å². The summed E-state index contributed by atoms with van der Waals surface area (Å²) in [5, 5.41) is 13.2.